The summed E-state index contributed by atoms with van der Waals surface area (Å²) < 4.78 is 5.09. The Morgan fingerprint density at radius 2 is 2.43 bits per heavy atom. The van der Waals surface area contributed by atoms with Crippen molar-refractivity contribution in [2.75, 3.05) is 17.9 Å². The first-order valence-electron chi connectivity index (χ1n) is 4.10. The molecule has 0 unspecified atom stereocenters. The monoisotopic (exact) mass is 210 g/mol. The third kappa shape index (κ3) is 1.39. The maximum atomic E-state index is 11.0. The van der Waals surface area contributed by atoms with Crippen LogP contribution in [0.15, 0.2) is 23.1 Å². The van der Waals surface area contributed by atoms with E-state index in [1.165, 1.54) is 0 Å². The van der Waals surface area contributed by atoms with Crippen LogP contribution in [0.25, 0.3) is 0 Å². The number of nitrogens with two attached hydrogens (primary N) is 1. The molecule has 0 aromatic heterocycles. The predicted molar refractivity (Wildman–Crippen MR) is 55.8 cm³/mol. The molecule has 14 heavy (non-hydrogen) atoms. The molecule has 2 amide bonds. The molecule has 0 atom stereocenters. The number of nitrogens with zero attached hydrogens (tertiary/aromatic N) is 1. The largest absolute Gasteiger partial charge is 0.497 e. The lowest BCUT2D eigenvalue weighted by molar-refractivity contribution is 0.255. The van der Waals surface area contributed by atoms with E-state index in [9.17, 15) is 4.79 Å². The standard InChI is InChI=1S/C9H10N2O2S/c1-13-6-2-3-7-8(4-6)14-5-11(7)9(10)12/h2-4H,5H2,1H3,(H2,10,12). The number of ether oxygens (including phenoxy) is 1. The van der Waals surface area contributed by atoms with E-state index < -0.39 is 6.03 Å². The highest BCUT2D eigenvalue weighted by Gasteiger charge is 2.23. The van der Waals surface area contributed by atoms with Crippen molar-refractivity contribution in [1.82, 2.24) is 0 Å². The molecule has 5 heteroatoms. The van der Waals surface area contributed by atoms with Gasteiger partial charge in [0.25, 0.3) is 0 Å². The number of methoxy groups -OCH3 is 1. The number of carbonyl (C=O) groups excluding carboxylic acids is 1. The van der Waals surface area contributed by atoms with E-state index in [2.05, 4.69) is 0 Å². The maximum Gasteiger partial charge on any atom is 0.320 e. The van der Waals surface area contributed by atoms with E-state index in [1.54, 1.807) is 23.8 Å². The average Bonchev–Trinajstić information content (AvgIpc) is 2.59. The van der Waals surface area contributed by atoms with Crippen LogP contribution < -0.4 is 15.4 Å². The number of hydrogen-bond donors (Lipinski definition) is 1. The molecule has 2 rings (SSSR count). The minimum atomic E-state index is -0.415. The molecule has 1 aliphatic heterocycles. The van der Waals surface area contributed by atoms with Crippen molar-refractivity contribution in [3.63, 3.8) is 0 Å². The zero-order valence-electron chi connectivity index (χ0n) is 7.69. The van der Waals surface area contributed by atoms with Gasteiger partial charge in [0.05, 0.1) is 18.7 Å². The summed E-state index contributed by atoms with van der Waals surface area (Å²) in [5.74, 6) is 1.38. The van der Waals surface area contributed by atoms with E-state index in [-0.39, 0.29) is 0 Å². The smallest absolute Gasteiger partial charge is 0.320 e. The number of hydrogen-bond acceptors (Lipinski definition) is 3. The van der Waals surface area contributed by atoms with Crippen molar-refractivity contribution in [2.45, 2.75) is 4.90 Å². The van der Waals surface area contributed by atoms with Crippen LogP contribution in [-0.2, 0) is 0 Å². The van der Waals surface area contributed by atoms with E-state index in [4.69, 9.17) is 10.5 Å². The van der Waals surface area contributed by atoms with Gasteiger partial charge in [-0.1, -0.05) is 0 Å². The van der Waals surface area contributed by atoms with Gasteiger partial charge >= 0.3 is 6.03 Å². The Labute approximate surface area is 86.0 Å². The average molecular weight is 210 g/mol. The van der Waals surface area contributed by atoms with Crippen molar-refractivity contribution >= 4 is 23.5 Å². The number of primary amides is 1. The Morgan fingerprint density at radius 3 is 3.07 bits per heavy atom. The number of amides is 2. The molecule has 0 bridgehead atoms. The van der Waals surface area contributed by atoms with Gasteiger partial charge in [-0.3, -0.25) is 4.90 Å². The van der Waals surface area contributed by atoms with Gasteiger partial charge in [0.1, 0.15) is 5.75 Å². The Morgan fingerprint density at radius 1 is 1.64 bits per heavy atom. The first-order chi connectivity index (χ1) is 6.72. The van der Waals surface area contributed by atoms with E-state index >= 15 is 0 Å². The van der Waals surface area contributed by atoms with Gasteiger partial charge in [-0.05, 0) is 18.2 Å². The molecule has 0 saturated heterocycles. The molecule has 1 aromatic carbocycles. The highest BCUT2D eigenvalue weighted by molar-refractivity contribution is 8.00. The van der Waals surface area contributed by atoms with Crippen molar-refractivity contribution in [2.24, 2.45) is 5.73 Å². The normalized spacial score (nSPS) is 13.9. The second kappa shape index (κ2) is 3.42. The molecule has 1 heterocycles. The van der Waals surface area contributed by atoms with Crippen molar-refractivity contribution < 1.29 is 9.53 Å². The number of benzene rings is 1. The summed E-state index contributed by atoms with van der Waals surface area (Å²) in [6, 6.07) is 5.16. The minimum Gasteiger partial charge on any atom is -0.497 e. The van der Waals surface area contributed by atoms with E-state index in [0.717, 1.165) is 16.3 Å². The molecule has 0 radical (unpaired) electrons. The highest BCUT2D eigenvalue weighted by atomic mass is 32.2. The fourth-order valence-electron chi connectivity index (χ4n) is 1.35. The number of carbonyl (C=O) groups is 1. The van der Waals surface area contributed by atoms with Gasteiger partial charge in [0.15, 0.2) is 0 Å². The summed E-state index contributed by atoms with van der Waals surface area (Å²) >= 11 is 1.58. The zero-order valence-corrected chi connectivity index (χ0v) is 8.50. The molecule has 1 aliphatic rings. The third-order valence-corrected chi connectivity index (χ3v) is 3.10. The number of anilines is 1. The molecular formula is C9H10N2O2S. The lowest BCUT2D eigenvalue weighted by Crippen LogP contribution is -2.33. The Kier molecular flexibility index (Phi) is 2.25. The number of urea groups is 1. The quantitative estimate of drug-likeness (QED) is 0.766. The maximum absolute atomic E-state index is 11.0. The van der Waals surface area contributed by atoms with Crippen LogP contribution in [-0.4, -0.2) is 19.0 Å². The molecule has 2 N–H and O–H groups in total. The summed E-state index contributed by atoms with van der Waals surface area (Å²) in [4.78, 5) is 13.6. The SMILES string of the molecule is COc1ccc2c(c1)SCN2C(N)=O. The molecule has 0 fully saturated rings. The Bertz CT molecular complexity index is 381. The number of rotatable bonds is 1. The van der Waals surface area contributed by atoms with Gasteiger partial charge in [0.2, 0.25) is 0 Å². The molecule has 74 valence electrons. The van der Waals surface area contributed by atoms with Crippen molar-refractivity contribution in [3.05, 3.63) is 18.2 Å². The topological polar surface area (TPSA) is 55.6 Å². The van der Waals surface area contributed by atoms with Crippen molar-refractivity contribution in [3.8, 4) is 5.75 Å². The molecule has 4 nitrogen and oxygen atoms in total. The zero-order chi connectivity index (χ0) is 10.1. The van der Waals surface area contributed by atoms with Gasteiger partial charge in [0, 0.05) is 4.90 Å². The van der Waals surface area contributed by atoms with Crippen LogP contribution in [0.2, 0.25) is 0 Å². The van der Waals surface area contributed by atoms with Crippen LogP contribution in [0.4, 0.5) is 10.5 Å². The summed E-state index contributed by atoms with van der Waals surface area (Å²) in [5.41, 5.74) is 6.09. The van der Waals surface area contributed by atoms with Gasteiger partial charge in [-0.15, -0.1) is 11.8 Å². The third-order valence-electron chi connectivity index (χ3n) is 2.07. The summed E-state index contributed by atoms with van der Waals surface area (Å²) in [6.45, 7) is 0. The van der Waals surface area contributed by atoms with E-state index in [0.29, 0.717) is 5.88 Å². The van der Waals surface area contributed by atoms with Crippen LogP contribution in [0.3, 0.4) is 0 Å². The summed E-state index contributed by atoms with van der Waals surface area (Å²) in [7, 11) is 1.62. The fourth-order valence-corrected chi connectivity index (χ4v) is 2.41. The second-order valence-corrected chi connectivity index (χ2v) is 3.86. The summed E-state index contributed by atoms with van der Waals surface area (Å²) in [5, 5.41) is 0. The van der Waals surface area contributed by atoms with Gasteiger partial charge in [-0.25, -0.2) is 4.79 Å². The Balaban J connectivity index is 2.38. The minimum absolute atomic E-state index is 0.415. The van der Waals surface area contributed by atoms with Crippen LogP contribution in [0, 0.1) is 0 Å². The van der Waals surface area contributed by atoms with Crippen LogP contribution in [0.5, 0.6) is 5.75 Å². The van der Waals surface area contributed by atoms with Gasteiger partial charge in [-0.2, -0.15) is 0 Å². The summed E-state index contributed by atoms with van der Waals surface area (Å²) in [6.07, 6.45) is 0. The first kappa shape index (κ1) is 9.21. The molecule has 0 saturated carbocycles. The van der Waals surface area contributed by atoms with Crippen LogP contribution >= 0.6 is 11.8 Å². The molecule has 0 spiro atoms. The highest BCUT2D eigenvalue weighted by Crippen LogP contribution is 2.40. The van der Waals surface area contributed by atoms with Gasteiger partial charge < -0.3 is 10.5 Å². The van der Waals surface area contributed by atoms with Crippen molar-refractivity contribution in [1.29, 1.82) is 0 Å². The first-order valence-corrected chi connectivity index (χ1v) is 5.09. The fraction of sp³-hybridized carbons (Fsp3) is 0.222. The number of thioether (sulfide) groups is 1. The molecule has 0 aliphatic carbocycles. The molecular weight excluding hydrogens is 200 g/mol. The Hall–Kier alpha value is -1.36. The van der Waals surface area contributed by atoms with Crippen LogP contribution in [0.1, 0.15) is 0 Å². The lowest BCUT2D eigenvalue weighted by atomic mass is 10.3. The number of fused-ring (bicyclic) bond motifs is 1. The predicted octanol–water partition coefficient (Wildman–Crippen LogP) is 1.64. The molecule has 1 aromatic rings. The second-order valence-electron chi connectivity index (χ2n) is 2.87. The van der Waals surface area contributed by atoms with E-state index in [1.807, 2.05) is 18.2 Å². The lowest BCUT2D eigenvalue weighted by Gasteiger charge is -2.12.